The normalized spacial score (nSPS) is 10.1. The number of nitrogens with one attached hydrogen (secondary N) is 1. The van der Waals surface area contributed by atoms with Crippen molar-refractivity contribution < 1.29 is 9.72 Å². The van der Waals surface area contributed by atoms with Gasteiger partial charge < -0.3 is 5.32 Å². The average Bonchev–Trinajstić information content (AvgIpc) is 2.48. The fourth-order valence-electron chi connectivity index (χ4n) is 1.73. The SMILES string of the molecule is Cc1ccc([N+](=O)[O-])cc1NC(=O)SCc1ccccc1. The fraction of sp³-hybridized carbons (Fsp3) is 0.133. The van der Waals surface area contributed by atoms with Crippen LogP contribution in [0.4, 0.5) is 16.2 Å². The van der Waals surface area contributed by atoms with Crippen molar-refractivity contribution >= 4 is 28.4 Å². The quantitative estimate of drug-likeness (QED) is 0.672. The number of amides is 1. The second kappa shape index (κ2) is 6.90. The van der Waals surface area contributed by atoms with Crippen molar-refractivity contribution in [2.24, 2.45) is 0 Å². The van der Waals surface area contributed by atoms with Gasteiger partial charge in [-0.2, -0.15) is 0 Å². The first-order valence-corrected chi connectivity index (χ1v) is 7.27. The molecule has 0 fully saturated rings. The van der Waals surface area contributed by atoms with Gasteiger partial charge in [0.15, 0.2) is 0 Å². The number of aryl methyl sites for hydroxylation is 1. The third-order valence-electron chi connectivity index (χ3n) is 2.88. The number of hydrogen-bond donors (Lipinski definition) is 1. The number of nitrogens with zero attached hydrogens (tertiary/aromatic N) is 1. The summed E-state index contributed by atoms with van der Waals surface area (Å²) in [5.74, 6) is 0.556. The molecule has 0 unspecified atom stereocenters. The van der Waals surface area contributed by atoms with Crippen LogP contribution < -0.4 is 5.32 Å². The van der Waals surface area contributed by atoms with E-state index in [1.165, 1.54) is 12.1 Å². The summed E-state index contributed by atoms with van der Waals surface area (Å²) in [6.45, 7) is 1.79. The van der Waals surface area contributed by atoms with Gasteiger partial charge >= 0.3 is 0 Å². The zero-order valence-corrected chi connectivity index (χ0v) is 12.2. The molecule has 0 aliphatic carbocycles. The second-order valence-electron chi connectivity index (χ2n) is 4.44. The second-order valence-corrected chi connectivity index (χ2v) is 5.39. The van der Waals surface area contributed by atoms with Crippen LogP contribution in [0.5, 0.6) is 0 Å². The lowest BCUT2D eigenvalue weighted by atomic mass is 10.2. The average molecular weight is 302 g/mol. The van der Waals surface area contributed by atoms with Crippen LogP contribution in [0.3, 0.4) is 0 Å². The minimum Gasteiger partial charge on any atom is -0.316 e. The van der Waals surface area contributed by atoms with Crippen LogP contribution in [0.2, 0.25) is 0 Å². The summed E-state index contributed by atoms with van der Waals surface area (Å²) in [5.41, 5.74) is 2.27. The third kappa shape index (κ3) is 4.32. The molecule has 0 bridgehead atoms. The van der Waals surface area contributed by atoms with Gasteiger partial charge in [-0.1, -0.05) is 48.2 Å². The molecule has 0 aliphatic rings. The predicted molar refractivity (Wildman–Crippen MR) is 84.6 cm³/mol. The number of non-ortho nitro benzene ring substituents is 1. The highest BCUT2D eigenvalue weighted by molar-refractivity contribution is 8.13. The van der Waals surface area contributed by atoms with Crippen molar-refractivity contribution in [3.05, 3.63) is 69.8 Å². The summed E-state index contributed by atoms with van der Waals surface area (Å²) in [5, 5.41) is 13.2. The monoisotopic (exact) mass is 302 g/mol. The van der Waals surface area contributed by atoms with Crippen LogP contribution in [0, 0.1) is 17.0 Å². The molecule has 0 saturated carbocycles. The van der Waals surface area contributed by atoms with Gasteiger partial charge in [-0.25, -0.2) is 0 Å². The molecule has 0 atom stereocenters. The summed E-state index contributed by atoms with van der Waals surface area (Å²) in [6, 6.07) is 14.0. The highest BCUT2D eigenvalue weighted by Crippen LogP contribution is 2.23. The van der Waals surface area contributed by atoms with E-state index in [4.69, 9.17) is 0 Å². The van der Waals surface area contributed by atoms with Crippen molar-refractivity contribution in [1.29, 1.82) is 0 Å². The predicted octanol–water partition coefficient (Wildman–Crippen LogP) is 4.37. The van der Waals surface area contributed by atoms with Crippen molar-refractivity contribution in [1.82, 2.24) is 0 Å². The standard InChI is InChI=1S/C15H14N2O3S/c1-11-7-8-13(17(19)20)9-14(11)16-15(18)21-10-12-5-3-2-4-6-12/h2-9H,10H2,1H3,(H,16,18). The molecule has 0 saturated heterocycles. The molecule has 6 heteroatoms. The molecule has 2 rings (SSSR count). The molecule has 0 radical (unpaired) electrons. The van der Waals surface area contributed by atoms with Gasteiger partial charge in [-0.15, -0.1) is 0 Å². The molecular formula is C15H14N2O3S. The van der Waals surface area contributed by atoms with E-state index in [1.807, 2.05) is 30.3 Å². The number of rotatable bonds is 4. The van der Waals surface area contributed by atoms with Crippen molar-refractivity contribution in [3.8, 4) is 0 Å². The van der Waals surface area contributed by atoms with E-state index in [-0.39, 0.29) is 10.9 Å². The van der Waals surface area contributed by atoms with Crippen molar-refractivity contribution in [2.75, 3.05) is 5.32 Å². The number of anilines is 1. The Bertz CT molecular complexity index is 659. The smallest absolute Gasteiger partial charge is 0.283 e. The van der Waals surface area contributed by atoms with Gasteiger partial charge in [0.05, 0.1) is 10.6 Å². The third-order valence-corrected chi connectivity index (χ3v) is 3.72. The molecule has 108 valence electrons. The first-order chi connectivity index (χ1) is 10.1. The van der Waals surface area contributed by atoms with E-state index in [0.717, 1.165) is 22.9 Å². The Morgan fingerprint density at radius 3 is 2.62 bits per heavy atom. The molecule has 0 spiro atoms. The molecule has 1 amide bonds. The summed E-state index contributed by atoms with van der Waals surface area (Å²) in [4.78, 5) is 22.2. The van der Waals surface area contributed by atoms with Crippen LogP contribution in [-0.4, -0.2) is 10.2 Å². The maximum atomic E-state index is 11.9. The van der Waals surface area contributed by atoms with Gasteiger partial charge in [-0.3, -0.25) is 14.9 Å². The first kappa shape index (κ1) is 15.1. The lowest BCUT2D eigenvalue weighted by molar-refractivity contribution is -0.384. The minimum atomic E-state index is -0.480. The van der Waals surface area contributed by atoms with Crippen LogP contribution >= 0.6 is 11.8 Å². The number of benzene rings is 2. The molecule has 1 N–H and O–H groups in total. The van der Waals surface area contributed by atoms with E-state index < -0.39 is 4.92 Å². The maximum Gasteiger partial charge on any atom is 0.283 e. The van der Waals surface area contributed by atoms with Crippen LogP contribution in [0.1, 0.15) is 11.1 Å². The molecule has 21 heavy (non-hydrogen) atoms. The molecule has 2 aromatic carbocycles. The lowest BCUT2D eigenvalue weighted by Gasteiger charge is -2.07. The van der Waals surface area contributed by atoms with E-state index in [1.54, 1.807) is 13.0 Å². The van der Waals surface area contributed by atoms with E-state index in [9.17, 15) is 14.9 Å². The lowest BCUT2D eigenvalue weighted by Crippen LogP contribution is -2.07. The van der Waals surface area contributed by atoms with E-state index in [2.05, 4.69) is 5.32 Å². The highest BCUT2D eigenvalue weighted by atomic mass is 32.2. The number of carbonyl (C=O) groups is 1. The van der Waals surface area contributed by atoms with Crippen LogP contribution in [0.15, 0.2) is 48.5 Å². The molecular weight excluding hydrogens is 288 g/mol. The Hall–Kier alpha value is -2.34. The van der Waals surface area contributed by atoms with Crippen LogP contribution in [0.25, 0.3) is 0 Å². The number of thioether (sulfide) groups is 1. The summed E-state index contributed by atoms with van der Waals surface area (Å²) in [7, 11) is 0. The van der Waals surface area contributed by atoms with Crippen molar-refractivity contribution in [2.45, 2.75) is 12.7 Å². The molecule has 0 aliphatic heterocycles. The molecule has 2 aromatic rings. The minimum absolute atomic E-state index is 0.0380. The topological polar surface area (TPSA) is 72.2 Å². The van der Waals surface area contributed by atoms with Gasteiger partial charge in [0, 0.05) is 17.9 Å². The molecule has 0 aromatic heterocycles. The van der Waals surface area contributed by atoms with E-state index >= 15 is 0 Å². The Morgan fingerprint density at radius 2 is 1.95 bits per heavy atom. The number of carbonyl (C=O) groups excluding carboxylic acids is 1. The maximum absolute atomic E-state index is 11.9. The highest BCUT2D eigenvalue weighted by Gasteiger charge is 2.11. The Morgan fingerprint density at radius 1 is 1.24 bits per heavy atom. The molecule has 0 heterocycles. The van der Waals surface area contributed by atoms with Crippen molar-refractivity contribution in [3.63, 3.8) is 0 Å². The first-order valence-electron chi connectivity index (χ1n) is 6.29. The van der Waals surface area contributed by atoms with Gasteiger partial charge in [0.2, 0.25) is 0 Å². The number of nitro benzene ring substituents is 1. The Kier molecular flexibility index (Phi) is 4.94. The zero-order chi connectivity index (χ0) is 15.2. The molecule has 5 nitrogen and oxygen atoms in total. The fourth-order valence-corrected chi connectivity index (χ4v) is 2.40. The summed E-state index contributed by atoms with van der Waals surface area (Å²) >= 11 is 1.13. The zero-order valence-electron chi connectivity index (χ0n) is 11.4. The van der Waals surface area contributed by atoms with Gasteiger partial charge in [0.25, 0.3) is 10.9 Å². The van der Waals surface area contributed by atoms with Gasteiger partial charge in [0.1, 0.15) is 0 Å². The largest absolute Gasteiger partial charge is 0.316 e. The van der Waals surface area contributed by atoms with E-state index in [0.29, 0.717) is 11.4 Å². The van der Waals surface area contributed by atoms with Gasteiger partial charge in [-0.05, 0) is 18.1 Å². The van der Waals surface area contributed by atoms with Crippen LogP contribution in [-0.2, 0) is 5.75 Å². The number of nitro groups is 1. The summed E-state index contributed by atoms with van der Waals surface area (Å²) < 4.78 is 0. The Labute approximate surface area is 126 Å². The number of hydrogen-bond acceptors (Lipinski definition) is 4. The summed E-state index contributed by atoms with van der Waals surface area (Å²) in [6.07, 6.45) is 0. The Balaban J connectivity index is 1.99.